The lowest BCUT2D eigenvalue weighted by molar-refractivity contribution is 0.240. The largest absolute Gasteiger partial charge is 0.335 e. The zero-order valence-corrected chi connectivity index (χ0v) is 12.1. The molecule has 1 aliphatic heterocycles. The highest BCUT2D eigenvalue weighted by Crippen LogP contribution is 2.47. The molecule has 0 bridgehead atoms. The van der Waals surface area contributed by atoms with Gasteiger partial charge in [-0.3, -0.25) is 0 Å². The number of urea groups is 1. The third kappa shape index (κ3) is 2.48. The molecule has 0 radical (unpaired) electrons. The molecule has 0 saturated heterocycles. The van der Waals surface area contributed by atoms with Crippen molar-refractivity contribution >= 4 is 57.6 Å². The second-order valence-electron chi connectivity index (χ2n) is 4.40. The number of nitrogens with one attached hydrogen (secondary N) is 2. The molecule has 1 heterocycles. The SMILES string of the molecule is O=C(Nc1c(Cl)cc(Cl)c2c1N=S=N2)NC1CCC1. The van der Waals surface area contributed by atoms with Gasteiger partial charge in [0.25, 0.3) is 0 Å². The summed E-state index contributed by atoms with van der Waals surface area (Å²) in [5.41, 5.74) is 1.52. The molecular weight excluding hydrogens is 307 g/mol. The van der Waals surface area contributed by atoms with Gasteiger partial charge in [0, 0.05) is 6.04 Å². The highest BCUT2D eigenvalue weighted by atomic mass is 35.5. The van der Waals surface area contributed by atoms with Crippen molar-refractivity contribution in [2.75, 3.05) is 5.32 Å². The Morgan fingerprint density at radius 2 is 2.00 bits per heavy atom. The molecule has 2 N–H and O–H groups in total. The van der Waals surface area contributed by atoms with E-state index in [1.54, 1.807) is 6.07 Å². The molecule has 1 aromatic carbocycles. The first-order chi connectivity index (χ1) is 9.15. The molecule has 8 heteroatoms. The van der Waals surface area contributed by atoms with E-state index in [-0.39, 0.29) is 12.1 Å². The van der Waals surface area contributed by atoms with Crippen LogP contribution >= 0.6 is 23.2 Å². The topological polar surface area (TPSA) is 65.8 Å². The number of amides is 2. The number of anilines is 1. The van der Waals surface area contributed by atoms with Crippen LogP contribution in [0.15, 0.2) is 14.8 Å². The van der Waals surface area contributed by atoms with Crippen molar-refractivity contribution in [1.29, 1.82) is 0 Å². The molecule has 5 nitrogen and oxygen atoms in total. The molecule has 1 saturated carbocycles. The van der Waals surface area contributed by atoms with Crippen molar-refractivity contribution in [2.45, 2.75) is 25.3 Å². The second-order valence-corrected chi connectivity index (χ2v) is 5.75. The lowest BCUT2D eigenvalue weighted by Gasteiger charge is -2.26. The zero-order valence-electron chi connectivity index (χ0n) is 9.74. The van der Waals surface area contributed by atoms with E-state index in [0.29, 0.717) is 27.1 Å². The van der Waals surface area contributed by atoms with Crippen molar-refractivity contribution in [1.82, 2.24) is 5.32 Å². The summed E-state index contributed by atoms with van der Waals surface area (Å²) in [6.45, 7) is 0. The number of benzene rings is 1. The fourth-order valence-electron chi connectivity index (χ4n) is 1.88. The molecule has 0 unspecified atom stereocenters. The van der Waals surface area contributed by atoms with E-state index in [4.69, 9.17) is 23.2 Å². The molecule has 0 aromatic heterocycles. The van der Waals surface area contributed by atoms with E-state index in [9.17, 15) is 4.79 Å². The Bertz CT molecular complexity index is 624. The van der Waals surface area contributed by atoms with E-state index >= 15 is 0 Å². The first-order valence-electron chi connectivity index (χ1n) is 5.83. The molecule has 100 valence electrons. The van der Waals surface area contributed by atoms with Crippen LogP contribution in [-0.4, -0.2) is 12.1 Å². The molecular formula is C11H10Cl2N4OS. The summed E-state index contributed by atoms with van der Waals surface area (Å²) in [5.74, 6) is 0. The molecule has 2 amide bonds. The standard InChI is InChI=1S/C11H10Cl2N4OS/c12-6-4-7(13)9-10(17-19-16-9)8(6)15-11(18)14-5-2-1-3-5/h4-5H,1-3H2,(H2,14,15,18). The molecule has 0 spiro atoms. The third-order valence-electron chi connectivity index (χ3n) is 3.12. The zero-order chi connectivity index (χ0) is 13.4. The van der Waals surface area contributed by atoms with Crippen molar-refractivity contribution in [2.24, 2.45) is 8.73 Å². The van der Waals surface area contributed by atoms with Crippen LogP contribution in [0.4, 0.5) is 21.9 Å². The van der Waals surface area contributed by atoms with E-state index < -0.39 is 0 Å². The Kier molecular flexibility index (Phi) is 3.47. The molecule has 3 rings (SSSR count). The summed E-state index contributed by atoms with van der Waals surface area (Å²) < 4.78 is 8.21. The average Bonchev–Trinajstić information content (AvgIpc) is 2.78. The summed E-state index contributed by atoms with van der Waals surface area (Å²) in [6.07, 6.45) is 3.21. The Balaban J connectivity index is 1.83. The maximum Gasteiger partial charge on any atom is 0.319 e. The second kappa shape index (κ2) is 5.11. The Labute approximate surface area is 123 Å². The minimum Gasteiger partial charge on any atom is -0.335 e. The predicted molar refractivity (Wildman–Crippen MR) is 77.8 cm³/mol. The maximum atomic E-state index is 11.9. The van der Waals surface area contributed by atoms with Gasteiger partial charge in [0.05, 0.1) is 27.1 Å². The van der Waals surface area contributed by atoms with Crippen molar-refractivity contribution in [3.05, 3.63) is 16.1 Å². The lowest BCUT2D eigenvalue weighted by atomic mass is 9.93. The molecule has 0 atom stereocenters. The number of hydrogen-bond donors (Lipinski definition) is 2. The van der Waals surface area contributed by atoms with Gasteiger partial charge in [0.15, 0.2) is 0 Å². The van der Waals surface area contributed by atoms with Crippen molar-refractivity contribution in [3.63, 3.8) is 0 Å². The van der Waals surface area contributed by atoms with Crippen LogP contribution in [0.2, 0.25) is 10.0 Å². The van der Waals surface area contributed by atoms with E-state index in [2.05, 4.69) is 19.4 Å². The number of nitrogens with zero attached hydrogens (tertiary/aromatic N) is 2. The van der Waals surface area contributed by atoms with Crippen LogP contribution in [0.5, 0.6) is 0 Å². The monoisotopic (exact) mass is 316 g/mol. The minimum atomic E-state index is -0.275. The normalized spacial score (nSPS) is 16.5. The number of rotatable bonds is 2. The summed E-state index contributed by atoms with van der Waals surface area (Å²) in [7, 11) is 0. The van der Waals surface area contributed by atoms with Gasteiger partial charge in [-0.05, 0) is 25.3 Å². The Morgan fingerprint density at radius 3 is 2.68 bits per heavy atom. The van der Waals surface area contributed by atoms with Gasteiger partial charge in [-0.15, -0.1) is 0 Å². The van der Waals surface area contributed by atoms with Gasteiger partial charge >= 0.3 is 6.03 Å². The number of halogens is 2. The van der Waals surface area contributed by atoms with E-state index in [1.807, 2.05) is 0 Å². The Morgan fingerprint density at radius 1 is 1.26 bits per heavy atom. The van der Waals surface area contributed by atoms with Crippen molar-refractivity contribution in [3.8, 4) is 0 Å². The van der Waals surface area contributed by atoms with Gasteiger partial charge in [0.2, 0.25) is 0 Å². The van der Waals surface area contributed by atoms with Crippen LogP contribution in [0.1, 0.15) is 19.3 Å². The average molecular weight is 317 g/mol. The van der Waals surface area contributed by atoms with Crippen LogP contribution < -0.4 is 10.6 Å². The minimum absolute atomic E-state index is 0.259. The summed E-state index contributed by atoms with van der Waals surface area (Å²) >= 11 is 13.2. The van der Waals surface area contributed by atoms with Gasteiger partial charge in [0.1, 0.15) is 11.4 Å². The summed E-state index contributed by atoms with van der Waals surface area (Å²) in [4.78, 5) is 11.9. The summed E-state index contributed by atoms with van der Waals surface area (Å²) in [5, 5.41) is 6.39. The van der Waals surface area contributed by atoms with Crippen LogP contribution in [0, 0.1) is 0 Å². The lowest BCUT2D eigenvalue weighted by Crippen LogP contribution is -2.41. The fourth-order valence-corrected chi connectivity index (χ4v) is 3.04. The highest BCUT2D eigenvalue weighted by molar-refractivity contribution is 7.58. The molecule has 1 aliphatic carbocycles. The van der Waals surface area contributed by atoms with Gasteiger partial charge in [-0.2, -0.15) is 8.73 Å². The molecule has 1 aromatic rings. The van der Waals surface area contributed by atoms with E-state index in [0.717, 1.165) is 30.6 Å². The number of hydrogen-bond acceptors (Lipinski definition) is 3. The maximum absolute atomic E-state index is 11.9. The Hall–Kier alpha value is -1.11. The van der Waals surface area contributed by atoms with Crippen LogP contribution in [0.3, 0.4) is 0 Å². The summed E-state index contributed by atoms with van der Waals surface area (Å²) in [6, 6.07) is 1.55. The van der Waals surface area contributed by atoms with Gasteiger partial charge in [-0.25, -0.2) is 4.79 Å². The first kappa shape index (κ1) is 12.9. The van der Waals surface area contributed by atoms with Gasteiger partial charge in [-0.1, -0.05) is 23.2 Å². The van der Waals surface area contributed by atoms with E-state index in [1.165, 1.54) is 0 Å². The predicted octanol–water partition coefficient (Wildman–Crippen LogP) is 4.39. The number of carbonyl (C=O) groups excluding carboxylic acids is 1. The van der Waals surface area contributed by atoms with Gasteiger partial charge < -0.3 is 10.6 Å². The molecule has 19 heavy (non-hydrogen) atoms. The number of carbonyl (C=O) groups is 1. The molecule has 2 aliphatic rings. The van der Waals surface area contributed by atoms with Crippen LogP contribution in [-0.2, 0) is 11.4 Å². The fraction of sp³-hybridized carbons (Fsp3) is 0.364. The quantitative estimate of drug-likeness (QED) is 0.847. The smallest absolute Gasteiger partial charge is 0.319 e. The van der Waals surface area contributed by atoms with Crippen LogP contribution in [0.25, 0.3) is 0 Å². The van der Waals surface area contributed by atoms with Crippen molar-refractivity contribution < 1.29 is 4.79 Å². The first-order valence-corrected chi connectivity index (χ1v) is 7.31. The highest BCUT2D eigenvalue weighted by Gasteiger charge is 2.23. The third-order valence-corrected chi connectivity index (χ3v) is 4.24. The number of fused-ring (bicyclic) bond motifs is 1. The molecule has 1 fully saturated rings.